The fraction of sp³-hybridized carbons (Fsp3) is 0.733. The lowest BCUT2D eigenvalue weighted by molar-refractivity contribution is -0.0909. The van der Waals surface area contributed by atoms with Crippen LogP contribution in [0.1, 0.15) is 65.2 Å². The van der Waals surface area contributed by atoms with Crippen molar-refractivity contribution in [3.05, 3.63) is 47.7 Å². The van der Waals surface area contributed by atoms with E-state index in [1.807, 2.05) is 6.20 Å². The Kier molecular flexibility index (Phi) is 7.42. The Bertz CT molecular complexity index is 1110. The molecule has 0 aromatic rings. The van der Waals surface area contributed by atoms with Gasteiger partial charge in [0.1, 0.15) is 5.82 Å². The van der Waals surface area contributed by atoms with Crippen LogP contribution in [0.5, 0.6) is 0 Å². The first kappa shape index (κ1) is 28.6. The standard InChI is InChI=1S/C30H45F3N6S/c1-20-7-6-10-37(13-20)14-22-11-25(30(31,32)33)26-16-38(21(2)39(26)15-22)24-9-5-8-23(12-24)29(17-28(3,40)18-29)27-35-34-19-36(27)4/h11,15-16,20,23-24,27,34-35,40H,2,5-10,12-14,17-19H2,1,3-4H3/t20?,23-,24?,27?,28?,29?/m0/s1. The van der Waals surface area contributed by atoms with E-state index in [4.69, 9.17) is 12.6 Å². The minimum absolute atomic E-state index is 0.0116. The molecule has 0 radical (unpaired) electrons. The summed E-state index contributed by atoms with van der Waals surface area (Å²) in [5, 5.41) is 0. The summed E-state index contributed by atoms with van der Waals surface area (Å²) in [6.07, 6.45) is 9.23. The molecule has 0 spiro atoms. The van der Waals surface area contributed by atoms with Gasteiger partial charge >= 0.3 is 6.18 Å². The van der Waals surface area contributed by atoms with Crippen molar-refractivity contribution in [2.45, 2.75) is 88.3 Å². The lowest BCUT2D eigenvalue weighted by Gasteiger charge is -2.61. The molecule has 3 unspecified atom stereocenters. The zero-order valence-electron chi connectivity index (χ0n) is 24.1. The Morgan fingerprint density at radius 2 is 1.93 bits per heavy atom. The maximum Gasteiger partial charge on any atom is 0.418 e. The largest absolute Gasteiger partial charge is 0.418 e. The van der Waals surface area contributed by atoms with Gasteiger partial charge in [-0.1, -0.05) is 26.8 Å². The number of allylic oxidation sites excluding steroid dienone is 1. The predicted molar refractivity (Wildman–Crippen MR) is 155 cm³/mol. The number of hydrazine groups is 1. The van der Waals surface area contributed by atoms with Gasteiger partial charge in [-0.05, 0) is 82.0 Å². The monoisotopic (exact) mass is 578 g/mol. The highest BCUT2D eigenvalue weighted by atomic mass is 32.1. The van der Waals surface area contributed by atoms with E-state index in [0.717, 1.165) is 64.7 Å². The van der Waals surface area contributed by atoms with Crippen molar-refractivity contribution in [1.29, 1.82) is 0 Å². The lowest BCUT2D eigenvalue weighted by Crippen LogP contribution is -2.64. The Morgan fingerprint density at radius 1 is 1.15 bits per heavy atom. The quantitative estimate of drug-likeness (QED) is 0.380. The number of fused-ring (bicyclic) bond motifs is 1. The number of alkyl halides is 3. The van der Waals surface area contributed by atoms with Gasteiger partial charge in [-0.3, -0.25) is 9.80 Å². The molecule has 4 heterocycles. The van der Waals surface area contributed by atoms with Crippen LogP contribution in [0, 0.1) is 17.3 Å². The van der Waals surface area contributed by atoms with Crippen molar-refractivity contribution in [3.63, 3.8) is 0 Å². The molecule has 4 aliphatic heterocycles. The third-order valence-electron chi connectivity index (χ3n) is 10.3. The number of rotatable bonds is 5. The molecular weight excluding hydrogens is 533 g/mol. The number of nitrogens with one attached hydrogen (secondary N) is 2. The van der Waals surface area contributed by atoms with E-state index in [-0.39, 0.29) is 28.1 Å². The van der Waals surface area contributed by atoms with Gasteiger partial charge in [-0.25, -0.2) is 10.9 Å². The first-order valence-corrected chi connectivity index (χ1v) is 15.4. The Labute approximate surface area is 242 Å². The molecule has 6 rings (SSSR count). The zero-order valence-corrected chi connectivity index (χ0v) is 25.0. The molecule has 2 saturated heterocycles. The summed E-state index contributed by atoms with van der Waals surface area (Å²) in [5.41, 5.74) is 7.28. The molecule has 4 fully saturated rings. The molecule has 6 nitrogen and oxygen atoms in total. The fourth-order valence-electron chi connectivity index (χ4n) is 8.72. The van der Waals surface area contributed by atoms with Crippen molar-refractivity contribution in [2.24, 2.45) is 17.3 Å². The van der Waals surface area contributed by atoms with E-state index >= 15 is 0 Å². The number of halogens is 3. The van der Waals surface area contributed by atoms with E-state index < -0.39 is 11.7 Å². The van der Waals surface area contributed by atoms with Crippen LogP contribution in [-0.2, 0) is 0 Å². The molecule has 0 aromatic heterocycles. The van der Waals surface area contributed by atoms with Gasteiger partial charge in [0.05, 0.1) is 24.1 Å². The molecule has 0 bridgehead atoms. The summed E-state index contributed by atoms with van der Waals surface area (Å²) in [7, 11) is 2.15. The molecule has 2 saturated carbocycles. The minimum atomic E-state index is -4.43. The zero-order chi connectivity index (χ0) is 28.4. The van der Waals surface area contributed by atoms with Crippen LogP contribution < -0.4 is 10.9 Å². The minimum Gasteiger partial charge on any atom is -0.329 e. The van der Waals surface area contributed by atoms with E-state index in [1.165, 1.54) is 12.5 Å². The SMILES string of the molecule is C=C1N2C=C(CN3CCCC(C)C3)C=C(C(F)(F)F)C2=CN1C1CCC[C@H](C2(C3NNCN3C)CC(C)(S)C2)C1. The van der Waals surface area contributed by atoms with Crippen LogP contribution in [0.15, 0.2) is 47.7 Å². The molecule has 0 aromatic carbocycles. The summed E-state index contributed by atoms with van der Waals surface area (Å²) in [6.45, 7) is 12.0. The third kappa shape index (κ3) is 5.16. The van der Waals surface area contributed by atoms with E-state index in [9.17, 15) is 13.2 Å². The average Bonchev–Trinajstić information content (AvgIpc) is 3.44. The normalized spacial score (nSPS) is 39.6. The van der Waals surface area contributed by atoms with Gasteiger partial charge in [0.25, 0.3) is 0 Å². The molecule has 4 atom stereocenters. The predicted octanol–water partition coefficient (Wildman–Crippen LogP) is 5.39. The van der Waals surface area contributed by atoms with Gasteiger partial charge in [0.15, 0.2) is 0 Å². The number of piperidine rings is 1. The van der Waals surface area contributed by atoms with Gasteiger partial charge < -0.3 is 9.80 Å². The fourth-order valence-corrected chi connectivity index (χ4v) is 9.31. The van der Waals surface area contributed by atoms with Gasteiger partial charge in [0.2, 0.25) is 0 Å². The first-order valence-electron chi connectivity index (χ1n) is 15.0. The second kappa shape index (κ2) is 10.4. The highest BCUT2D eigenvalue weighted by Gasteiger charge is 2.60. The van der Waals surface area contributed by atoms with Crippen LogP contribution in [0.25, 0.3) is 0 Å². The molecular formula is C30H45F3N6S. The number of likely N-dealkylation sites (tertiary alicyclic amines) is 1. The van der Waals surface area contributed by atoms with Crippen LogP contribution >= 0.6 is 12.6 Å². The molecule has 6 aliphatic rings. The first-order chi connectivity index (χ1) is 18.9. The maximum atomic E-state index is 14.4. The molecule has 222 valence electrons. The Morgan fingerprint density at radius 3 is 2.58 bits per heavy atom. The smallest absolute Gasteiger partial charge is 0.329 e. The number of hydrogen-bond donors (Lipinski definition) is 3. The van der Waals surface area contributed by atoms with Crippen molar-refractivity contribution in [3.8, 4) is 0 Å². The number of hydrogen-bond acceptors (Lipinski definition) is 7. The van der Waals surface area contributed by atoms with Crippen molar-refractivity contribution in [2.75, 3.05) is 33.4 Å². The third-order valence-corrected chi connectivity index (χ3v) is 10.6. The molecule has 0 amide bonds. The highest BCUT2D eigenvalue weighted by Crippen LogP contribution is 2.62. The van der Waals surface area contributed by atoms with Crippen molar-refractivity contribution >= 4 is 12.6 Å². The average molecular weight is 579 g/mol. The van der Waals surface area contributed by atoms with Gasteiger partial charge in [-0.2, -0.15) is 25.8 Å². The summed E-state index contributed by atoms with van der Waals surface area (Å²) < 4.78 is 43.2. The molecule has 2 aliphatic carbocycles. The Balaban J connectivity index is 1.24. The lowest BCUT2D eigenvalue weighted by atomic mass is 9.51. The number of nitrogens with zero attached hydrogens (tertiary/aromatic N) is 4. The maximum absolute atomic E-state index is 14.4. The van der Waals surface area contributed by atoms with E-state index in [1.54, 1.807) is 11.1 Å². The van der Waals surface area contributed by atoms with Crippen LogP contribution in [-0.4, -0.2) is 76.1 Å². The van der Waals surface area contributed by atoms with E-state index in [2.05, 4.69) is 53.0 Å². The number of thiol groups is 1. The highest BCUT2D eigenvalue weighted by molar-refractivity contribution is 7.81. The van der Waals surface area contributed by atoms with E-state index in [0.29, 0.717) is 29.8 Å². The van der Waals surface area contributed by atoms with Crippen LogP contribution in [0.2, 0.25) is 0 Å². The van der Waals surface area contributed by atoms with Gasteiger partial charge in [0, 0.05) is 41.7 Å². The topological polar surface area (TPSA) is 37.0 Å². The summed E-state index contributed by atoms with van der Waals surface area (Å²) in [4.78, 5) is 8.40. The van der Waals surface area contributed by atoms with Crippen LogP contribution in [0.3, 0.4) is 0 Å². The van der Waals surface area contributed by atoms with Crippen molar-refractivity contribution in [1.82, 2.24) is 30.5 Å². The second-order valence-electron chi connectivity index (χ2n) is 13.7. The van der Waals surface area contributed by atoms with Gasteiger partial charge in [-0.15, -0.1) is 0 Å². The molecule has 10 heteroatoms. The molecule has 40 heavy (non-hydrogen) atoms. The Hall–Kier alpha value is -1.46. The molecule has 2 N–H and O–H groups in total. The second-order valence-corrected chi connectivity index (χ2v) is 14.8. The summed E-state index contributed by atoms with van der Waals surface area (Å²) >= 11 is 4.94. The van der Waals surface area contributed by atoms with Crippen molar-refractivity contribution < 1.29 is 13.2 Å². The van der Waals surface area contributed by atoms with Crippen LogP contribution in [0.4, 0.5) is 13.2 Å². The summed E-state index contributed by atoms with van der Waals surface area (Å²) in [6, 6.07) is 0.127. The summed E-state index contributed by atoms with van der Waals surface area (Å²) in [5.74, 6) is 1.67.